The third-order valence-electron chi connectivity index (χ3n) is 2.58. The van der Waals surface area contributed by atoms with Crippen LogP contribution >= 0.6 is 15.9 Å². The van der Waals surface area contributed by atoms with Crippen molar-refractivity contribution in [3.63, 3.8) is 0 Å². The Hall–Kier alpha value is -1.87. The van der Waals surface area contributed by atoms with Crippen LogP contribution in [0.5, 0.6) is 0 Å². The Morgan fingerprint density at radius 1 is 1.00 bits per heavy atom. The second-order valence-electron chi connectivity index (χ2n) is 3.91. The summed E-state index contributed by atoms with van der Waals surface area (Å²) in [6, 6.07) is 15.8. The van der Waals surface area contributed by atoms with E-state index in [4.69, 9.17) is 4.42 Å². The number of para-hydroxylation sites is 2. The number of nitrogens with zero attached hydrogens (tertiary/aromatic N) is 1. The van der Waals surface area contributed by atoms with E-state index in [1.165, 1.54) is 0 Å². The second-order valence-corrected chi connectivity index (χ2v) is 4.82. The summed E-state index contributed by atoms with van der Waals surface area (Å²) < 4.78 is 6.67. The lowest BCUT2D eigenvalue weighted by Crippen LogP contribution is -1.72. The van der Waals surface area contributed by atoms with E-state index in [9.17, 15) is 0 Å². The maximum absolute atomic E-state index is 5.61. The Kier molecular flexibility index (Phi) is 2.99. The van der Waals surface area contributed by atoms with Crippen molar-refractivity contribution in [3.05, 3.63) is 64.5 Å². The summed E-state index contributed by atoms with van der Waals surface area (Å²) in [6.45, 7) is 0. The van der Waals surface area contributed by atoms with E-state index >= 15 is 0 Å². The van der Waals surface area contributed by atoms with Crippen LogP contribution in [0.25, 0.3) is 23.3 Å². The summed E-state index contributed by atoms with van der Waals surface area (Å²) in [6.07, 6.45) is 3.86. The Labute approximate surface area is 113 Å². The Morgan fingerprint density at radius 3 is 2.72 bits per heavy atom. The molecule has 88 valence electrons. The number of hydrogen-bond donors (Lipinski definition) is 0. The number of hydrogen-bond acceptors (Lipinski definition) is 2. The first-order valence-corrected chi connectivity index (χ1v) is 6.40. The molecular formula is C15H10BrNO. The number of fused-ring (bicyclic) bond motifs is 1. The van der Waals surface area contributed by atoms with Gasteiger partial charge in [0.25, 0.3) is 0 Å². The molecule has 0 saturated heterocycles. The van der Waals surface area contributed by atoms with E-state index in [0.717, 1.165) is 21.1 Å². The molecule has 1 aromatic heterocycles. The average Bonchev–Trinajstić information content (AvgIpc) is 2.79. The maximum Gasteiger partial charge on any atom is 0.220 e. The second kappa shape index (κ2) is 4.78. The highest BCUT2D eigenvalue weighted by molar-refractivity contribution is 9.10. The van der Waals surface area contributed by atoms with Gasteiger partial charge in [-0.05, 0) is 35.9 Å². The Bertz CT molecular complexity index is 682. The molecule has 0 unspecified atom stereocenters. The highest BCUT2D eigenvalue weighted by Crippen LogP contribution is 2.17. The van der Waals surface area contributed by atoms with E-state index in [1.807, 2.05) is 60.7 Å². The summed E-state index contributed by atoms with van der Waals surface area (Å²) in [5, 5.41) is 0. The first-order chi connectivity index (χ1) is 8.81. The van der Waals surface area contributed by atoms with Crippen LogP contribution in [0.4, 0.5) is 0 Å². The topological polar surface area (TPSA) is 26.0 Å². The van der Waals surface area contributed by atoms with Gasteiger partial charge in [-0.15, -0.1) is 0 Å². The monoisotopic (exact) mass is 299 g/mol. The molecule has 3 heteroatoms. The highest BCUT2D eigenvalue weighted by Gasteiger charge is 2.00. The number of halogens is 1. The third-order valence-corrected chi connectivity index (χ3v) is 3.07. The van der Waals surface area contributed by atoms with Gasteiger partial charge in [0, 0.05) is 10.5 Å². The molecule has 2 nitrogen and oxygen atoms in total. The number of aromatic nitrogens is 1. The fourth-order valence-electron chi connectivity index (χ4n) is 1.74. The molecule has 0 N–H and O–H groups in total. The van der Waals surface area contributed by atoms with Crippen molar-refractivity contribution in [2.45, 2.75) is 0 Å². The molecular weight excluding hydrogens is 290 g/mol. The quantitative estimate of drug-likeness (QED) is 0.682. The fourth-order valence-corrected chi connectivity index (χ4v) is 2.16. The zero-order valence-electron chi connectivity index (χ0n) is 9.51. The van der Waals surface area contributed by atoms with E-state index in [2.05, 4.69) is 20.9 Å². The molecule has 0 radical (unpaired) electrons. The van der Waals surface area contributed by atoms with Gasteiger partial charge in [0.2, 0.25) is 5.89 Å². The van der Waals surface area contributed by atoms with E-state index in [1.54, 1.807) is 0 Å². The predicted molar refractivity (Wildman–Crippen MR) is 77.1 cm³/mol. The SMILES string of the molecule is Brc1cccc(/C=C/c2nc3ccccc3o2)c1. The van der Waals surface area contributed by atoms with E-state index < -0.39 is 0 Å². The number of oxazole rings is 1. The van der Waals surface area contributed by atoms with Gasteiger partial charge in [-0.2, -0.15) is 0 Å². The third kappa shape index (κ3) is 2.36. The molecule has 0 bridgehead atoms. The number of rotatable bonds is 2. The molecule has 1 heterocycles. The van der Waals surface area contributed by atoms with Gasteiger partial charge in [-0.3, -0.25) is 0 Å². The average molecular weight is 300 g/mol. The smallest absolute Gasteiger partial charge is 0.220 e. The van der Waals surface area contributed by atoms with Gasteiger partial charge in [0.15, 0.2) is 5.58 Å². The van der Waals surface area contributed by atoms with Crippen LogP contribution in [-0.4, -0.2) is 4.98 Å². The standard InChI is InChI=1S/C15H10BrNO/c16-12-5-3-4-11(10-12)8-9-15-17-13-6-1-2-7-14(13)18-15/h1-10H/b9-8+. The van der Waals surface area contributed by atoms with Crippen molar-refractivity contribution < 1.29 is 4.42 Å². The molecule has 0 fully saturated rings. The van der Waals surface area contributed by atoms with Crippen molar-refractivity contribution in [1.82, 2.24) is 4.98 Å². The van der Waals surface area contributed by atoms with Crippen molar-refractivity contribution in [3.8, 4) is 0 Å². The lowest BCUT2D eigenvalue weighted by atomic mass is 10.2. The molecule has 0 amide bonds. The van der Waals surface area contributed by atoms with Crippen LogP contribution in [0.2, 0.25) is 0 Å². The van der Waals surface area contributed by atoms with Gasteiger partial charge >= 0.3 is 0 Å². The van der Waals surface area contributed by atoms with Gasteiger partial charge in [0.05, 0.1) is 0 Å². The highest BCUT2D eigenvalue weighted by atomic mass is 79.9. The summed E-state index contributed by atoms with van der Waals surface area (Å²) >= 11 is 3.44. The molecule has 0 aliphatic rings. The molecule has 2 aromatic carbocycles. The minimum atomic E-state index is 0.621. The summed E-state index contributed by atoms with van der Waals surface area (Å²) in [5.74, 6) is 0.621. The molecule has 0 aliphatic carbocycles. The van der Waals surface area contributed by atoms with Crippen molar-refractivity contribution >= 4 is 39.2 Å². The minimum absolute atomic E-state index is 0.621. The summed E-state index contributed by atoms with van der Waals surface area (Å²) in [5.41, 5.74) is 2.80. The molecule has 18 heavy (non-hydrogen) atoms. The van der Waals surface area contributed by atoms with Gasteiger partial charge in [0.1, 0.15) is 5.52 Å². The van der Waals surface area contributed by atoms with Crippen molar-refractivity contribution in [1.29, 1.82) is 0 Å². The van der Waals surface area contributed by atoms with Crippen LogP contribution in [0, 0.1) is 0 Å². The van der Waals surface area contributed by atoms with E-state index in [-0.39, 0.29) is 0 Å². The first-order valence-electron chi connectivity index (χ1n) is 5.60. The van der Waals surface area contributed by atoms with E-state index in [0.29, 0.717) is 5.89 Å². The molecule has 3 rings (SSSR count). The van der Waals surface area contributed by atoms with Crippen LogP contribution in [0.15, 0.2) is 57.4 Å². The summed E-state index contributed by atoms with van der Waals surface area (Å²) in [4.78, 5) is 4.39. The van der Waals surface area contributed by atoms with Crippen molar-refractivity contribution in [2.75, 3.05) is 0 Å². The normalized spacial score (nSPS) is 11.4. The first kappa shape index (κ1) is 11.2. The fraction of sp³-hybridized carbons (Fsp3) is 0. The largest absolute Gasteiger partial charge is 0.437 e. The Balaban J connectivity index is 1.92. The van der Waals surface area contributed by atoms with Crippen LogP contribution in [-0.2, 0) is 0 Å². The predicted octanol–water partition coefficient (Wildman–Crippen LogP) is 4.76. The molecule has 0 saturated carbocycles. The molecule has 0 aliphatic heterocycles. The zero-order chi connectivity index (χ0) is 12.4. The van der Waals surface area contributed by atoms with Crippen LogP contribution in [0.1, 0.15) is 11.5 Å². The minimum Gasteiger partial charge on any atom is -0.437 e. The lowest BCUT2D eigenvalue weighted by molar-refractivity contribution is 0.590. The van der Waals surface area contributed by atoms with Gasteiger partial charge in [-0.25, -0.2) is 4.98 Å². The van der Waals surface area contributed by atoms with Crippen LogP contribution < -0.4 is 0 Å². The zero-order valence-corrected chi connectivity index (χ0v) is 11.1. The van der Waals surface area contributed by atoms with Crippen LogP contribution in [0.3, 0.4) is 0 Å². The van der Waals surface area contributed by atoms with Gasteiger partial charge < -0.3 is 4.42 Å². The number of benzene rings is 2. The summed E-state index contributed by atoms with van der Waals surface area (Å²) in [7, 11) is 0. The molecule has 3 aromatic rings. The van der Waals surface area contributed by atoms with Gasteiger partial charge in [-0.1, -0.05) is 40.2 Å². The van der Waals surface area contributed by atoms with Crippen molar-refractivity contribution in [2.24, 2.45) is 0 Å². The molecule has 0 atom stereocenters. The molecule has 0 spiro atoms. The maximum atomic E-state index is 5.61. The lowest BCUT2D eigenvalue weighted by Gasteiger charge is -1.92. The Morgan fingerprint density at radius 2 is 1.89 bits per heavy atom.